The van der Waals surface area contributed by atoms with E-state index in [4.69, 9.17) is 4.74 Å². The predicted molar refractivity (Wildman–Crippen MR) is 84.6 cm³/mol. The van der Waals surface area contributed by atoms with E-state index in [0.717, 1.165) is 17.0 Å². The van der Waals surface area contributed by atoms with E-state index < -0.39 is 0 Å². The van der Waals surface area contributed by atoms with Gasteiger partial charge in [-0.25, -0.2) is 0 Å². The molecule has 0 aliphatic heterocycles. The van der Waals surface area contributed by atoms with E-state index in [2.05, 4.69) is 34.6 Å². The third kappa shape index (κ3) is 4.26. The van der Waals surface area contributed by atoms with Crippen LogP contribution in [0.15, 0.2) is 18.2 Å². The summed E-state index contributed by atoms with van der Waals surface area (Å²) in [6.45, 7) is 10.5. The van der Waals surface area contributed by atoms with Gasteiger partial charge in [0.05, 0.1) is 7.11 Å². The summed E-state index contributed by atoms with van der Waals surface area (Å²) < 4.78 is 5.44. The van der Waals surface area contributed by atoms with Crippen molar-refractivity contribution < 1.29 is 9.53 Å². The first-order valence-corrected chi connectivity index (χ1v) is 7.10. The van der Waals surface area contributed by atoms with Gasteiger partial charge in [-0.05, 0) is 23.0 Å². The topological polar surface area (TPSA) is 29.5 Å². The van der Waals surface area contributed by atoms with Crippen LogP contribution < -0.4 is 9.64 Å². The molecular weight excluding hydrogens is 250 g/mol. The van der Waals surface area contributed by atoms with E-state index in [-0.39, 0.29) is 11.3 Å². The Labute approximate surface area is 122 Å². The molecule has 1 rings (SSSR count). The average Bonchev–Trinajstić information content (AvgIpc) is 2.34. The molecule has 0 saturated heterocycles. The van der Waals surface area contributed by atoms with Crippen LogP contribution in [0.25, 0.3) is 0 Å². The fourth-order valence-electron chi connectivity index (χ4n) is 2.10. The van der Waals surface area contributed by atoms with Crippen LogP contribution in [0, 0.1) is 5.41 Å². The standard InChI is InChI=1S/C17H27NO2/c1-12(2)14-9-8-13(10-15(14)20-7)18(6)16(19)11-17(3,4)5/h8-10,12H,11H2,1-7H3. The summed E-state index contributed by atoms with van der Waals surface area (Å²) >= 11 is 0. The number of ether oxygens (including phenoxy) is 1. The molecule has 0 heterocycles. The van der Waals surface area contributed by atoms with Crippen LogP contribution in [0.2, 0.25) is 0 Å². The van der Waals surface area contributed by atoms with Gasteiger partial charge >= 0.3 is 0 Å². The molecule has 0 fully saturated rings. The van der Waals surface area contributed by atoms with Crippen molar-refractivity contribution >= 4 is 11.6 Å². The number of hydrogen-bond acceptors (Lipinski definition) is 2. The predicted octanol–water partition coefficient (Wildman–Crippen LogP) is 4.22. The highest BCUT2D eigenvalue weighted by atomic mass is 16.5. The number of hydrogen-bond donors (Lipinski definition) is 0. The van der Waals surface area contributed by atoms with E-state index >= 15 is 0 Å². The highest BCUT2D eigenvalue weighted by Crippen LogP contribution is 2.31. The first-order chi connectivity index (χ1) is 9.15. The summed E-state index contributed by atoms with van der Waals surface area (Å²) in [5.41, 5.74) is 2.03. The quantitative estimate of drug-likeness (QED) is 0.824. The zero-order chi connectivity index (χ0) is 15.5. The molecule has 0 unspecified atom stereocenters. The van der Waals surface area contributed by atoms with Crippen molar-refractivity contribution in [2.75, 3.05) is 19.1 Å². The number of carbonyl (C=O) groups excluding carboxylic acids is 1. The van der Waals surface area contributed by atoms with Crippen molar-refractivity contribution in [3.8, 4) is 5.75 Å². The van der Waals surface area contributed by atoms with E-state index in [9.17, 15) is 4.79 Å². The van der Waals surface area contributed by atoms with Gasteiger partial charge in [-0.15, -0.1) is 0 Å². The molecule has 0 N–H and O–H groups in total. The second-order valence-electron chi connectivity index (χ2n) is 6.77. The van der Waals surface area contributed by atoms with Crippen LogP contribution in [0.1, 0.15) is 52.5 Å². The van der Waals surface area contributed by atoms with Gasteiger partial charge in [0.25, 0.3) is 0 Å². The van der Waals surface area contributed by atoms with E-state index in [1.165, 1.54) is 0 Å². The number of anilines is 1. The highest BCUT2D eigenvalue weighted by Gasteiger charge is 2.20. The molecule has 0 aliphatic carbocycles. The normalized spacial score (nSPS) is 11.6. The van der Waals surface area contributed by atoms with Crippen molar-refractivity contribution in [3.63, 3.8) is 0 Å². The summed E-state index contributed by atoms with van der Waals surface area (Å²) in [5.74, 6) is 1.36. The molecule has 0 aliphatic rings. The minimum absolute atomic E-state index is 0.00664. The first-order valence-electron chi connectivity index (χ1n) is 7.10. The molecule has 1 aromatic rings. The van der Waals surface area contributed by atoms with Gasteiger partial charge in [-0.1, -0.05) is 40.7 Å². The zero-order valence-electron chi connectivity index (χ0n) is 13.8. The van der Waals surface area contributed by atoms with Crippen molar-refractivity contribution in [2.24, 2.45) is 5.41 Å². The maximum atomic E-state index is 12.3. The Kier molecular flexibility index (Phi) is 5.21. The molecule has 0 atom stereocenters. The Bertz CT molecular complexity index is 472. The smallest absolute Gasteiger partial charge is 0.227 e. The Balaban J connectivity index is 3.00. The lowest BCUT2D eigenvalue weighted by molar-refractivity contribution is -0.120. The monoisotopic (exact) mass is 277 g/mol. The van der Waals surface area contributed by atoms with Gasteiger partial charge in [0.2, 0.25) is 5.91 Å². The Morgan fingerprint density at radius 1 is 1.30 bits per heavy atom. The molecule has 0 saturated carbocycles. The fraction of sp³-hybridized carbons (Fsp3) is 0.588. The molecule has 3 nitrogen and oxygen atoms in total. The minimum Gasteiger partial charge on any atom is -0.496 e. The number of benzene rings is 1. The van der Waals surface area contributed by atoms with Crippen LogP contribution in [-0.2, 0) is 4.79 Å². The van der Waals surface area contributed by atoms with Crippen LogP contribution in [0.5, 0.6) is 5.75 Å². The maximum absolute atomic E-state index is 12.3. The van der Waals surface area contributed by atoms with Crippen molar-refractivity contribution in [1.29, 1.82) is 0 Å². The number of methoxy groups -OCH3 is 1. The summed E-state index contributed by atoms with van der Waals surface area (Å²) in [6.07, 6.45) is 0.526. The Hall–Kier alpha value is -1.51. The SMILES string of the molecule is COc1cc(N(C)C(=O)CC(C)(C)C)ccc1C(C)C. The van der Waals surface area contributed by atoms with Gasteiger partial charge in [-0.3, -0.25) is 4.79 Å². The molecule has 112 valence electrons. The van der Waals surface area contributed by atoms with Gasteiger partial charge in [0.1, 0.15) is 5.75 Å². The number of carbonyl (C=O) groups is 1. The average molecular weight is 277 g/mol. The zero-order valence-corrected chi connectivity index (χ0v) is 13.8. The van der Waals surface area contributed by atoms with E-state index in [1.807, 2.05) is 25.2 Å². The van der Waals surface area contributed by atoms with Gasteiger partial charge < -0.3 is 9.64 Å². The van der Waals surface area contributed by atoms with Gasteiger partial charge in [0, 0.05) is 25.2 Å². The van der Waals surface area contributed by atoms with Crippen LogP contribution >= 0.6 is 0 Å². The summed E-state index contributed by atoms with van der Waals surface area (Å²) in [7, 11) is 3.49. The van der Waals surface area contributed by atoms with Gasteiger partial charge in [0.15, 0.2) is 0 Å². The maximum Gasteiger partial charge on any atom is 0.227 e. The minimum atomic E-state index is -0.00664. The molecule has 1 aromatic carbocycles. The second kappa shape index (κ2) is 6.29. The third-order valence-electron chi connectivity index (χ3n) is 3.28. The van der Waals surface area contributed by atoms with Crippen molar-refractivity contribution in [3.05, 3.63) is 23.8 Å². The lowest BCUT2D eigenvalue weighted by atomic mass is 9.91. The van der Waals surface area contributed by atoms with Gasteiger partial charge in [-0.2, -0.15) is 0 Å². The Morgan fingerprint density at radius 2 is 1.90 bits per heavy atom. The van der Waals surface area contributed by atoms with Crippen molar-refractivity contribution in [1.82, 2.24) is 0 Å². The van der Waals surface area contributed by atoms with E-state index in [1.54, 1.807) is 12.0 Å². The lowest BCUT2D eigenvalue weighted by Crippen LogP contribution is -2.29. The van der Waals surface area contributed by atoms with Crippen LogP contribution in [0.3, 0.4) is 0 Å². The largest absolute Gasteiger partial charge is 0.496 e. The van der Waals surface area contributed by atoms with Crippen molar-refractivity contribution in [2.45, 2.75) is 47.0 Å². The van der Waals surface area contributed by atoms with Crippen LogP contribution in [-0.4, -0.2) is 20.1 Å². The molecular formula is C17H27NO2. The molecule has 20 heavy (non-hydrogen) atoms. The number of rotatable bonds is 4. The summed E-state index contributed by atoms with van der Waals surface area (Å²) in [4.78, 5) is 14.0. The molecule has 1 amide bonds. The Morgan fingerprint density at radius 3 is 2.35 bits per heavy atom. The molecule has 0 aromatic heterocycles. The number of amides is 1. The highest BCUT2D eigenvalue weighted by molar-refractivity contribution is 5.93. The van der Waals surface area contributed by atoms with Crippen LogP contribution in [0.4, 0.5) is 5.69 Å². The molecule has 3 heteroatoms. The van der Waals surface area contributed by atoms with E-state index in [0.29, 0.717) is 12.3 Å². The third-order valence-corrected chi connectivity index (χ3v) is 3.28. The fourth-order valence-corrected chi connectivity index (χ4v) is 2.10. The second-order valence-corrected chi connectivity index (χ2v) is 6.77. The molecule has 0 radical (unpaired) electrons. The first kappa shape index (κ1) is 16.5. The number of nitrogens with zero attached hydrogens (tertiary/aromatic N) is 1. The summed E-state index contributed by atoms with van der Waals surface area (Å²) in [5, 5.41) is 0. The molecule has 0 spiro atoms. The molecule has 0 bridgehead atoms. The lowest BCUT2D eigenvalue weighted by Gasteiger charge is -2.24. The summed E-state index contributed by atoms with van der Waals surface area (Å²) in [6, 6.07) is 5.97.